The highest BCUT2D eigenvalue weighted by atomic mass is 16.6. The fourth-order valence-electron chi connectivity index (χ4n) is 3.31. The number of hydrogen-bond donors (Lipinski definition) is 1. The van der Waals surface area contributed by atoms with Gasteiger partial charge in [0.15, 0.2) is 0 Å². The number of piperidine rings is 1. The molecule has 0 aliphatic carbocycles. The number of quaternary nitrogens is 1. The van der Waals surface area contributed by atoms with E-state index >= 15 is 0 Å². The first-order valence-corrected chi connectivity index (χ1v) is 8.92. The number of nitrogens with two attached hydrogens (primary N) is 1. The molecule has 0 bridgehead atoms. The van der Waals surface area contributed by atoms with Crippen LogP contribution in [-0.4, -0.2) is 24.7 Å². The van der Waals surface area contributed by atoms with Gasteiger partial charge in [-0.15, -0.1) is 0 Å². The van der Waals surface area contributed by atoms with E-state index in [4.69, 9.17) is 9.47 Å². The summed E-state index contributed by atoms with van der Waals surface area (Å²) in [5.74, 6) is 1.49. The molecule has 3 rings (SSSR count). The molecule has 4 nitrogen and oxygen atoms in total. The van der Waals surface area contributed by atoms with E-state index in [2.05, 4.69) is 5.32 Å². The van der Waals surface area contributed by atoms with Crippen molar-refractivity contribution in [3.05, 3.63) is 60.2 Å². The predicted molar refractivity (Wildman–Crippen MR) is 96.8 cm³/mol. The lowest BCUT2D eigenvalue weighted by Crippen LogP contribution is -2.86. The fraction of sp³-hybridized carbons (Fsp3) is 0.381. The van der Waals surface area contributed by atoms with Gasteiger partial charge in [-0.25, -0.2) is 4.79 Å². The summed E-state index contributed by atoms with van der Waals surface area (Å²) in [4.78, 5) is 12.6. The molecule has 0 spiro atoms. The summed E-state index contributed by atoms with van der Waals surface area (Å²) in [6.45, 7) is 6.24. The molecule has 4 heteroatoms. The Labute approximate surface area is 149 Å². The summed E-state index contributed by atoms with van der Waals surface area (Å²) in [5, 5.41) is 2.32. The normalized spacial score (nSPS) is 15.6. The van der Waals surface area contributed by atoms with Gasteiger partial charge in [-0.1, -0.05) is 24.3 Å². The van der Waals surface area contributed by atoms with Gasteiger partial charge in [0.1, 0.15) is 17.1 Å². The third kappa shape index (κ3) is 4.60. The highest BCUT2D eigenvalue weighted by molar-refractivity contribution is 5.90. The van der Waals surface area contributed by atoms with Crippen LogP contribution in [0.3, 0.4) is 0 Å². The van der Waals surface area contributed by atoms with E-state index in [9.17, 15) is 4.79 Å². The first-order chi connectivity index (χ1) is 12.0. The summed E-state index contributed by atoms with van der Waals surface area (Å²) in [5.41, 5.74) is 0.0608. The minimum absolute atomic E-state index is 0.293. The molecule has 0 aromatic heterocycles. The molecular formula is C21H26NO3+. The Kier molecular flexibility index (Phi) is 5.39. The maximum absolute atomic E-state index is 12.6. The Morgan fingerprint density at radius 1 is 1.00 bits per heavy atom. The zero-order valence-electron chi connectivity index (χ0n) is 14.9. The standard InChI is InChI=1S/C21H25NO3/c1-21(2,17-11-13-22-14-12-17)25-20(23)16-7-6-10-19(15-16)24-18-8-4-3-5-9-18/h3-10,15,17,22H,11-14H2,1-2H3/p+1. The summed E-state index contributed by atoms with van der Waals surface area (Å²) in [6.07, 6.45) is 2.16. The van der Waals surface area contributed by atoms with Gasteiger partial charge in [0.25, 0.3) is 0 Å². The summed E-state index contributed by atoms with van der Waals surface area (Å²) >= 11 is 0. The van der Waals surface area contributed by atoms with Crippen LogP contribution in [0.2, 0.25) is 0 Å². The van der Waals surface area contributed by atoms with Crippen molar-refractivity contribution in [3.8, 4) is 11.5 Å². The zero-order valence-corrected chi connectivity index (χ0v) is 14.9. The van der Waals surface area contributed by atoms with Crippen LogP contribution in [0.5, 0.6) is 11.5 Å². The molecule has 1 heterocycles. The van der Waals surface area contributed by atoms with Gasteiger partial charge in [0.05, 0.1) is 18.7 Å². The molecule has 2 N–H and O–H groups in total. The highest BCUT2D eigenvalue weighted by Crippen LogP contribution is 2.29. The van der Waals surface area contributed by atoms with Crippen molar-refractivity contribution in [3.63, 3.8) is 0 Å². The molecule has 2 aromatic carbocycles. The van der Waals surface area contributed by atoms with Gasteiger partial charge in [-0.2, -0.15) is 0 Å². The third-order valence-electron chi connectivity index (χ3n) is 4.83. The second-order valence-electron chi connectivity index (χ2n) is 7.08. The van der Waals surface area contributed by atoms with Gasteiger partial charge in [-0.3, -0.25) is 0 Å². The maximum atomic E-state index is 12.6. The van der Waals surface area contributed by atoms with E-state index in [0.717, 1.165) is 31.7 Å². The largest absolute Gasteiger partial charge is 0.457 e. The highest BCUT2D eigenvalue weighted by Gasteiger charge is 2.35. The average molecular weight is 340 g/mol. The number of esters is 1. The molecule has 1 aliphatic rings. The molecule has 0 atom stereocenters. The first kappa shape index (κ1) is 17.5. The molecule has 1 fully saturated rings. The second kappa shape index (κ2) is 7.70. The summed E-state index contributed by atoms with van der Waals surface area (Å²) < 4.78 is 11.7. The quantitative estimate of drug-likeness (QED) is 0.849. The van der Waals surface area contributed by atoms with Gasteiger partial charge < -0.3 is 14.8 Å². The van der Waals surface area contributed by atoms with Crippen LogP contribution in [0.4, 0.5) is 0 Å². The monoisotopic (exact) mass is 340 g/mol. The Morgan fingerprint density at radius 2 is 1.68 bits per heavy atom. The summed E-state index contributed by atoms with van der Waals surface area (Å²) in [7, 11) is 0. The number of hydrogen-bond acceptors (Lipinski definition) is 3. The number of rotatable bonds is 5. The lowest BCUT2D eigenvalue weighted by atomic mass is 9.83. The van der Waals surface area contributed by atoms with Crippen molar-refractivity contribution in [2.75, 3.05) is 13.1 Å². The van der Waals surface area contributed by atoms with E-state index in [1.807, 2.05) is 56.3 Å². The van der Waals surface area contributed by atoms with Gasteiger partial charge in [0.2, 0.25) is 0 Å². The second-order valence-corrected chi connectivity index (χ2v) is 7.08. The molecule has 1 saturated heterocycles. The molecule has 0 radical (unpaired) electrons. The molecule has 25 heavy (non-hydrogen) atoms. The Morgan fingerprint density at radius 3 is 2.40 bits per heavy atom. The van der Waals surface area contributed by atoms with Gasteiger partial charge in [-0.05, 0) is 44.2 Å². The lowest BCUT2D eigenvalue weighted by Gasteiger charge is -2.35. The Bertz CT molecular complexity index is 706. The van der Waals surface area contributed by atoms with Crippen molar-refractivity contribution >= 4 is 5.97 Å². The average Bonchev–Trinajstić information content (AvgIpc) is 2.63. The zero-order chi connectivity index (χ0) is 17.7. The Balaban J connectivity index is 1.68. The van der Waals surface area contributed by atoms with E-state index in [1.54, 1.807) is 12.1 Å². The van der Waals surface area contributed by atoms with Gasteiger partial charge in [0, 0.05) is 18.8 Å². The lowest BCUT2D eigenvalue weighted by molar-refractivity contribution is -0.665. The number of benzene rings is 2. The number of carbonyl (C=O) groups excluding carboxylic acids is 1. The van der Waals surface area contributed by atoms with E-state index < -0.39 is 5.60 Å². The van der Waals surface area contributed by atoms with E-state index in [1.165, 1.54) is 0 Å². The van der Waals surface area contributed by atoms with Crippen molar-refractivity contribution in [1.29, 1.82) is 0 Å². The smallest absolute Gasteiger partial charge is 0.338 e. The summed E-state index contributed by atoms with van der Waals surface area (Å²) in [6, 6.07) is 16.7. The van der Waals surface area contributed by atoms with Crippen molar-refractivity contribution in [2.45, 2.75) is 32.3 Å². The van der Waals surface area contributed by atoms with Crippen LogP contribution in [0.1, 0.15) is 37.0 Å². The molecule has 1 aliphatic heterocycles. The molecule has 0 amide bonds. The first-order valence-electron chi connectivity index (χ1n) is 8.92. The topological polar surface area (TPSA) is 52.1 Å². The number of para-hydroxylation sites is 1. The molecule has 2 aromatic rings. The molecule has 0 saturated carbocycles. The maximum Gasteiger partial charge on any atom is 0.338 e. The molecular weight excluding hydrogens is 314 g/mol. The van der Waals surface area contributed by atoms with Gasteiger partial charge >= 0.3 is 5.97 Å². The van der Waals surface area contributed by atoms with Crippen molar-refractivity contribution in [2.24, 2.45) is 5.92 Å². The van der Waals surface area contributed by atoms with Crippen LogP contribution in [0.15, 0.2) is 54.6 Å². The Hall–Kier alpha value is -2.33. The fourth-order valence-corrected chi connectivity index (χ4v) is 3.31. The molecule has 0 unspecified atom stereocenters. The van der Waals surface area contributed by atoms with E-state index in [-0.39, 0.29) is 5.97 Å². The van der Waals surface area contributed by atoms with E-state index in [0.29, 0.717) is 17.2 Å². The van der Waals surface area contributed by atoms with Crippen LogP contribution in [0.25, 0.3) is 0 Å². The molecule has 132 valence electrons. The minimum atomic E-state index is -0.457. The predicted octanol–water partition coefficient (Wildman–Crippen LogP) is 3.39. The van der Waals surface area contributed by atoms with Crippen LogP contribution >= 0.6 is 0 Å². The minimum Gasteiger partial charge on any atom is -0.457 e. The van der Waals surface area contributed by atoms with Crippen LogP contribution < -0.4 is 10.1 Å². The van der Waals surface area contributed by atoms with Crippen molar-refractivity contribution < 1.29 is 19.6 Å². The van der Waals surface area contributed by atoms with Crippen molar-refractivity contribution in [1.82, 2.24) is 0 Å². The van der Waals surface area contributed by atoms with Crippen LogP contribution in [-0.2, 0) is 4.74 Å². The van der Waals surface area contributed by atoms with Crippen LogP contribution in [0, 0.1) is 5.92 Å². The third-order valence-corrected chi connectivity index (χ3v) is 4.83. The number of ether oxygens (including phenoxy) is 2. The number of carbonyl (C=O) groups is 1. The SMILES string of the molecule is CC(C)(OC(=O)c1cccc(Oc2ccccc2)c1)C1CC[NH2+]CC1.